The summed E-state index contributed by atoms with van der Waals surface area (Å²) in [5.74, 6) is -0.0727. The van der Waals surface area contributed by atoms with Crippen molar-refractivity contribution in [1.82, 2.24) is 9.80 Å². The molecule has 2 aliphatic rings. The van der Waals surface area contributed by atoms with Gasteiger partial charge in [0.1, 0.15) is 5.75 Å². The first kappa shape index (κ1) is 20.8. The molecule has 3 rings (SSSR count). The van der Waals surface area contributed by atoms with Crippen LogP contribution < -0.4 is 4.74 Å². The lowest BCUT2D eigenvalue weighted by Crippen LogP contribution is -2.50. The van der Waals surface area contributed by atoms with Crippen LogP contribution in [0.1, 0.15) is 38.2 Å². The third kappa shape index (κ3) is 3.71. The Morgan fingerprint density at radius 1 is 1.31 bits per heavy atom. The molecule has 1 fully saturated rings. The first-order valence-electron chi connectivity index (χ1n) is 9.88. The second-order valence-corrected chi connectivity index (χ2v) is 7.81. The molecule has 0 aromatic heterocycles. The molecule has 1 saturated heterocycles. The van der Waals surface area contributed by atoms with E-state index in [1.165, 1.54) is 7.05 Å². The molecule has 0 aliphatic carbocycles. The number of nitrogens with zero attached hydrogens (tertiary/aromatic N) is 2. The van der Waals surface area contributed by atoms with Gasteiger partial charge in [-0.25, -0.2) is 0 Å². The zero-order valence-electron chi connectivity index (χ0n) is 17.3. The largest absolute Gasteiger partial charge is 0.497 e. The fraction of sp³-hybridized carbons (Fsp3) is 0.435. The fourth-order valence-corrected chi connectivity index (χ4v) is 4.42. The molecule has 6 nitrogen and oxygen atoms in total. The molecule has 6 heteroatoms. The molecule has 1 unspecified atom stereocenters. The third-order valence-electron chi connectivity index (χ3n) is 6.02. The number of methoxy groups -OCH3 is 1. The van der Waals surface area contributed by atoms with Crippen molar-refractivity contribution in [1.29, 1.82) is 0 Å². The zero-order chi connectivity index (χ0) is 21.2. The summed E-state index contributed by atoms with van der Waals surface area (Å²) in [5.41, 5.74) is -0.524. The van der Waals surface area contributed by atoms with Gasteiger partial charge in [-0.05, 0) is 37.5 Å². The van der Waals surface area contributed by atoms with E-state index < -0.39 is 5.41 Å². The van der Waals surface area contributed by atoms with Crippen LogP contribution in [0, 0.1) is 0 Å². The van der Waals surface area contributed by atoms with Crippen LogP contribution in [0.25, 0.3) is 0 Å². The average molecular weight is 396 g/mol. The van der Waals surface area contributed by atoms with Crippen molar-refractivity contribution >= 4 is 17.7 Å². The van der Waals surface area contributed by atoms with Crippen LogP contribution in [0.2, 0.25) is 0 Å². The van der Waals surface area contributed by atoms with Gasteiger partial charge in [0.05, 0.1) is 12.5 Å². The molecule has 1 aromatic carbocycles. The number of rotatable bonds is 6. The Bertz CT molecular complexity index is 845. The van der Waals surface area contributed by atoms with Crippen molar-refractivity contribution < 1.29 is 19.1 Å². The Morgan fingerprint density at radius 3 is 2.55 bits per heavy atom. The van der Waals surface area contributed by atoms with Crippen molar-refractivity contribution in [3.05, 3.63) is 54.6 Å². The van der Waals surface area contributed by atoms with Gasteiger partial charge in [-0.2, -0.15) is 0 Å². The lowest BCUT2D eigenvalue weighted by atomic mass is 9.75. The van der Waals surface area contributed by atoms with Gasteiger partial charge in [0.2, 0.25) is 17.7 Å². The van der Waals surface area contributed by atoms with E-state index in [1.54, 1.807) is 31.4 Å². The highest BCUT2D eigenvalue weighted by Crippen LogP contribution is 2.41. The molecule has 154 valence electrons. The van der Waals surface area contributed by atoms with E-state index in [4.69, 9.17) is 4.74 Å². The highest BCUT2D eigenvalue weighted by molar-refractivity contribution is 6.10. The molecule has 3 atom stereocenters. The first-order valence-corrected chi connectivity index (χ1v) is 9.88. The van der Waals surface area contributed by atoms with Crippen molar-refractivity contribution in [2.45, 2.75) is 50.1 Å². The van der Waals surface area contributed by atoms with Gasteiger partial charge in [0.25, 0.3) is 0 Å². The highest BCUT2D eigenvalue weighted by Gasteiger charge is 2.53. The van der Waals surface area contributed by atoms with E-state index in [0.29, 0.717) is 17.7 Å². The molecule has 1 aromatic rings. The van der Waals surface area contributed by atoms with E-state index in [1.807, 2.05) is 24.0 Å². The number of amides is 3. The van der Waals surface area contributed by atoms with Crippen LogP contribution in [0.4, 0.5) is 0 Å². The van der Waals surface area contributed by atoms with Crippen molar-refractivity contribution in [2.24, 2.45) is 0 Å². The number of likely N-dealkylation sites (N-methyl/N-ethyl adjacent to an activating group) is 1. The third-order valence-corrected chi connectivity index (χ3v) is 6.02. The average Bonchev–Trinajstić information content (AvgIpc) is 2.92. The minimum absolute atomic E-state index is 0.00934. The van der Waals surface area contributed by atoms with Crippen LogP contribution in [0.3, 0.4) is 0 Å². The molecule has 3 amide bonds. The summed E-state index contributed by atoms with van der Waals surface area (Å²) in [6.07, 6.45) is 7.29. The predicted octanol–water partition coefficient (Wildman–Crippen LogP) is 2.83. The second-order valence-electron chi connectivity index (χ2n) is 7.81. The van der Waals surface area contributed by atoms with E-state index in [0.717, 1.165) is 11.3 Å². The molecule has 0 saturated carbocycles. The maximum absolute atomic E-state index is 13.5. The van der Waals surface area contributed by atoms with Crippen LogP contribution >= 0.6 is 0 Å². The van der Waals surface area contributed by atoms with E-state index >= 15 is 0 Å². The number of ether oxygens (including phenoxy) is 1. The molecule has 0 bridgehead atoms. The van der Waals surface area contributed by atoms with Crippen molar-refractivity contribution in [3.63, 3.8) is 0 Å². The number of hydrogen-bond acceptors (Lipinski definition) is 4. The van der Waals surface area contributed by atoms with Crippen LogP contribution in [-0.2, 0) is 19.8 Å². The second kappa shape index (κ2) is 8.23. The van der Waals surface area contributed by atoms with Crippen molar-refractivity contribution in [2.75, 3.05) is 14.2 Å². The number of benzene rings is 1. The monoisotopic (exact) mass is 396 g/mol. The number of carbonyl (C=O) groups excluding carboxylic acids is 3. The van der Waals surface area contributed by atoms with Crippen LogP contribution in [-0.4, -0.2) is 53.8 Å². The van der Waals surface area contributed by atoms with Gasteiger partial charge >= 0.3 is 0 Å². The smallest absolute Gasteiger partial charge is 0.240 e. The summed E-state index contributed by atoms with van der Waals surface area (Å²) in [6, 6.07) is 7.00. The Balaban J connectivity index is 1.98. The molecule has 0 radical (unpaired) electrons. The van der Waals surface area contributed by atoms with Gasteiger partial charge in [-0.1, -0.05) is 30.4 Å². The molecular formula is C23H28N2O4. The summed E-state index contributed by atoms with van der Waals surface area (Å²) in [4.78, 5) is 42.0. The number of carbonyl (C=O) groups is 3. The minimum atomic E-state index is -1.19. The minimum Gasteiger partial charge on any atom is -0.497 e. The number of hydrogen-bond donors (Lipinski definition) is 0. The standard InChI is InChI=1S/C23H28N2O4/c1-5-7-18-9-6-8-16(2)25(18)21(27)15-23(14-20(26)24(3)22(23)28)17-10-12-19(29-4)13-11-17/h5-6,8,10-13,16,18H,1,7,9,14-15H2,2-4H3/t16-,18-,23?/m1/s1. The molecule has 0 N–H and O–H groups in total. The fourth-order valence-electron chi connectivity index (χ4n) is 4.42. The van der Waals surface area contributed by atoms with Gasteiger partial charge in [-0.15, -0.1) is 6.58 Å². The molecule has 0 spiro atoms. The normalized spacial score (nSPS) is 26.7. The topological polar surface area (TPSA) is 66.9 Å². The summed E-state index contributed by atoms with van der Waals surface area (Å²) in [5, 5.41) is 0. The van der Waals surface area contributed by atoms with Gasteiger partial charge in [-0.3, -0.25) is 19.3 Å². The summed E-state index contributed by atoms with van der Waals surface area (Å²) >= 11 is 0. The predicted molar refractivity (Wildman–Crippen MR) is 110 cm³/mol. The SMILES string of the molecule is C=CC[C@@H]1CC=C[C@@H](C)N1C(=O)CC1(c2ccc(OC)cc2)CC(=O)N(C)C1=O. The number of imide groups is 1. The summed E-state index contributed by atoms with van der Waals surface area (Å²) in [7, 11) is 3.05. The van der Waals surface area contributed by atoms with Crippen LogP contribution in [0.15, 0.2) is 49.1 Å². The maximum Gasteiger partial charge on any atom is 0.240 e. The molecule has 2 heterocycles. The summed E-state index contributed by atoms with van der Waals surface area (Å²) in [6.45, 7) is 5.78. The highest BCUT2D eigenvalue weighted by atomic mass is 16.5. The van der Waals surface area contributed by atoms with Crippen molar-refractivity contribution in [3.8, 4) is 5.75 Å². The lowest BCUT2D eigenvalue weighted by molar-refractivity contribution is -0.143. The van der Waals surface area contributed by atoms with Gasteiger partial charge in [0.15, 0.2) is 0 Å². The van der Waals surface area contributed by atoms with E-state index in [2.05, 4.69) is 12.7 Å². The van der Waals surface area contributed by atoms with Gasteiger partial charge < -0.3 is 9.64 Å². The lowest BCUT2D eigenvalue weighted by Gasteiger charge is -2.39. The molecule has 2 aliphatic heterocycles. The van der Waals surface area contributed by atoms with Gasteiger partial charge in [0, 0.05) is 32.0 Å². The van der Waals surface area contributed by atoms with E-state index in [-0.39, 0.29) is 42.6 Å². The summed E-state index contributed by atoms with van der Waals surface area (Å²) < 4.78 is 5.21. The maximum atomic E-state index is 13.5. The first-order chi connectivity index (χ1) is 13.8. The molecule has 29 heavy (non-hydrogen) atoms. The Labute approximate surface area is 171 Å². The Morgan fingerprint density at radius 2 is 2.00 bits per heavy atom. The van der Waals surface area contributed by atoms with Crippen LogP contribution in [0.5, 0.6) is 5.75 Å². The number of likely N-dealkylation sites (tertiary alicyclic amines) is 1. The zero-order valence-corrected chi connectivity index (χ0v) is 17.3. The molecular weight excluding hydrogens is 368 g/mol. The quantitative estimate of drug-likeness (QED) is 0.548. The van der Waals surface area contributed by atoms with E-state index in [9.17, 15) is 14.4 Å². The Kier molecular flexibility index (Phi) is 5.91. The Hall–Kier alpha value is -2.89.